The van der Waals surface area contributed by atoms with E-state index < -0.39 is 0 Å². The number of allylic oxidation sites excluding steroid dienone is 2. The van der Waals surface area contributed by atoms with Crippen molar-refractivity contribution in [2.45, 2.75) is 19.3 Å². The molecule has 1 atom stereocenters. The van der Waals surface area contributed by atoms with E-state index in [1.165, 1.54) is 0 Å². The average Bonchev–Trinajstić information content (AvgIpc) is 2.47. The van der Waals surface area contributed by atoms with Gasteiger partial charge in [0, 0.05) is 11.6 Å². The first-order valence-corrected chi connectivity index (χ1v) is 6.75. The Bertz CT molecular complexity index is 580. The molecule has 1 aliphatic heterocycles. The van der Waals surface area contributed by atoms with E-state index in [1.54, 1.807) is 18.2 Å². The van der Waals surface area contributed by atoms with Crippen LogP contribution < -0.4 is 15.4 Å². The summed E-state index contributed by atoms with van der Waals surface area (Å²) in [6.45, 7) is 0.0348. The first kappa shape index (κ1) is 12.7. The summed E-state index contributed by atoms with van der Waals surface area (Å²) in [7, 11) is 0. The molecule has 20 heavy (non-hydrogen) atoms. The first-order valence-electron chi connectivity index (χ1n) is 6.75. The van der Waals surface area contributed by atoms with Crippen molar-refractivity contribution in [2.75, 3.05) is 17.2 Å². The SMILES string of the molecule is O=C1COc2ccc(NC(=O)[C@H]3CC=CCC3)cc2N1. The average molecular weight is 272 g/mol. The fourth-order valence-electron chi connectivity index (χ4n) is 2.44. The van der Waals surface area contributed by atoms with Gasteiger partial charge in [0.05, 0.1) is 5.69 Å². The predicted molar refractivity (Wildman–Crippen MR) is 75.7 cm³/mol. The van der Waals surface area contributed by atoms with Crippen molar-refractivity contribution >= 4 is 23.2 Å². The molecule has 3 rings (SSSR count). The fraction of sp³-hybridized carbons (Fsp3) is 0.333. The van der Waals surface area contributed by atoms with Crippen LogP contribution in [-0.4, -0.2) is 18.4 Å². The Balaban J connectivity index is 1.71. The fourth-order valence-corrected chi connectivity index (χ4v) is 2.44. The number of benzene rings is 1. The van der Waals surface area contributed by atoms with Crippen LogP contribution in [0.25, 0.3) is 0 Å². The number of hydrogen-bond donors (Lipinski definition) is 2. The lowest BCUT2D eigenvalue weighted by Gasteiger charge is -2.20. The lowest BCUT2D eigenvalue weighted by atomic mass is 9.93. The van der Waals surface area contributed by atoms with Gasteiger partial charge in [-0.05, 0) is 37.5 Å². The third-order valence-electron chi connectivity index (χ3n) is 3.52. The summed E-state index contributed by atoms with van der Waals surface area (Å²) in [5.74, 6) is 0.501. The third kappa shape index (κ3) is 2.66. The van der Waals surface area contributed by atoms with Crippen LogP contribution in [0.3, 0.4) is 0 Å². The molecule has 5 heteroatoms. The highest BCUT2D eigenvalue weighted by Gasteiger charge is 2.20. The van der Waals surface area contributed by atoms with Gasteiger partial charge in [0.2, 0.25) is 5.91 Å². The molecule has 0 spiro atoms. The second-order valence-electron chi connectivity index (χ2n) is 5.02. The standard InChI is InChI=1S/C15H16N2O3/c18-14-9-20-13-7-6-11(8-12(13)17-14)16-15(19)10-4-2-1-3-5-10/h1-2,6-8,10H,3-5,9H2,(H,16,19)(H,17,18)/t10-/m0/s1. The van der Waals surface area contributed by atoms with E-state index >= 15 is 0 Å². The molecule has 0 saturated heterocycles. The number of amides is 2. The Labute approximate surface area is 117 Å². The molecule has 0 bridgehead atoms. The van der Waals surface area contributed by atoms with Crippen molar-refractivity contribution in [1.29, 1.82) is 0 Å². The van der Waals surface area contributed by atoms with Crippen LogP contribution in [0, 0.1) is 5.92 Å². The number of anilines is 2. The molecule has 2 amide bonds. The summed E-state index contributed by atoms with van der Waals surface area (Å²) in [5, 5.41) is 5.62. The molecule has 1 aromatic rings. The molecule has 0 fully saturated rings. The smallest absolute Gasteiger partial charge is 0.262 e. The lowest BCUT2D eigenvalue weighted by molar-refractivity contribution is -0.120. The highest BCUT2D eigenvalue weighted by molar-refractivity contribution is 5.98. The van der Waals surface area contributed by atoms with Crippen LogP contribution in [0.15, 0.2) is 30.4 Å². The molecular formula is C15H16N2O3. The van der Waals surface area contributed by atoms with Gasteiger partial charge in [0.25, 0.3) is 5.91 Å². The van der Waals surface area contributed by atoms with Gasteiger partial charge in [0.1, 0.15) is 5.75 Å². The zero-order valence-corrected chi connectivity index (χ0v) is 11.0. The number of ether oxygens (including phenoxy) is 1. The van der Waals surface area contributed by atoms with E-state index in [0.29, 0.717) is 17.1 Å². The van der Waals surface area contributed by atoms with Gasteiger partial charge in [-0.3, -0.25) is 9.59 Å². The van der Waals surface area contributed by atoms with E-state index in [2.05, 4.69) is 22.8 Å². The van der Waals surface area contributed by atoms with Gasteiger partial charge >= 0.3 is 0 Å². The normalized spacial score (nSPS) is 20.6. The van der Waals surface area contributed by atoms with Crippen LogP contribution in [-0.2, 0) is 9.59 Å². The topological polar surface area (TPSA) is 67.4 Å². The van der Waals surface area contributed by atoms with Crippen molar-refractivity contribution in [2.24, 2.45) is 5.92 Å². The quantitative estimate of drug-likeness (QED) is 0.812. The molecule has 1 aliphatic carbocycles. The highest BCUT2D eigenvalue weighted by Crippen LogP contribution is 2.31. The molecular weight excluding hydrogens is 256 g/mol. The first-order chi connectivity index (χ1) is 9.72. The van der Waals surface area contributed by atoms with Crippen molar-refractivity contribution in [1.82, 2.24) is 0 Å². The second-order valence-corrected chi connectivity index (χ2v) is 5.02. The number of carbonyl (C=O) groups excluding carboxylic acids is 2. The zero-order chi connectivity index (χ0) is 13.9. The molecule has 2 aliphatic rings. The van der Waals surface area contributed by atoms with Gasteiger partial charge in [0.15, 0.2) is 6.61 Å². The maximum absolute atomic E-state index is 12.1. The van der Waals surface area contributed by atoms with Crippen LogP contribution in [0.2, 0.25) is 0 Å². The van der Waals surface area contributed by atoms with Crippen molar-refractivity contribution in [3.8, 4) is 5.75 Å². The summed E-state index contributed by atoms with van der Waals surface area (Å²) in [6.07, 6.45) is 6.78. The largest absolute Gasteiger partial charge is 0.482 e. The van der Waals surface area contributed by atoms with Gasteiger partial charge in [-0.25, -0.2) is 0 Å². The van der Waals surface area contributed by atoms with Crippen LogP contribution >= 0.6 is 0 Å². The molecule has 0 radical (unpaired) electrons. The monoisotopic (exact) mass is 272 g/mol. The molecule has 0 unspecified atom stereocenters. The number of hydrogen-bond acceptors (Lipinski definition) is 3. The molecule has 2 N–H and O–H groups in total. The Morgan fingerprint density at radius 2 is 2.25 bits per heavy atom. The zero-order valence-electron chi connectivity index (χ0n) is 11.0. The second kappa shape index (κ2) is 5.36. The Hall–Kier alpha value is -2.30. The maximum atomic E-state index is 12.1. The van der Waals surface area contributed by atoms with Crippen molar-refractivity contribution < 1.29 is 14.3 Å². The maximum Gasteiger partial charge on any atom is 0.262 e. The Morgan fingerprint density at radius 1 is 1.35 bits per heavy atom. The molecule has 104 valence electrons. The summed E-state index contributed by atoms with van der Waals surface area (Å²) in [4.78, 5) is 23.4. The molecule has 0 saturated carbocycles. The minimum atomic E-state index is -0.182. The van der Waals surface area contributed by atoms with Crippen molar-refractivity contribution in [3.63, 3.8) is 0 Å². The summed E-state index contributed by atoms with van der Waals surface area (Å²) in [5.41, 5.74) is 1.27. The molecule has 1 heterocycles. The van der Waals surface area contributed by atoms with Crippen LogP contribution in [0.5, 0.6) is 5.75 Å². The predicted octanol–water partition coefficient (Wildman–Crippen LogP) is 2.31. The number of fused-ring (bicyclic) bond motifs is 1. The summed E-state index contributed by atoms with van der Waals surface area (Å²) >= 11 is 0. The Morgan fingerprint density at radius 3 is 3.05 bits per heavy atom. The minimum absolute atomic E-state index is 0.0253. The molecule has 0 aromatic heterocycles. The number of rotatable bonds is 2. The van der Waals surface area contributed by atoms with Crippen LogP contribution in [0.1, 0.15) is 19.3 Å². The van der Waals surface area contributed by atoms with E-state index in [4.69, 9.17) is 4.74 Å². The minimum Gasteiger partial charge on any atom is -0.482 e. The number of nitrogens with one attached hydrogen (secondary N) is 2. The van der Waals surface area contributed by atoms with E-state index in [1.807, 2.05) is 0 Å². The molecule has 1 aromatic carbocycles. The van der Waals surface area contributed by atoms with Gasteiger partial charge < -0.3 is 15.4 Å². The highest BCUT2D eigenvalue weighted by atomic mass is 16.5. The summed E-state index contributed by atoms with van der Waals surface area (Å²) in [6, 6.07) is 5.26. The van der Waals surface area contributed by atoms with Crippen LogP contribution in [0.4, 0.5) is 11.4 Å². The number of carbonyl (C=O) groups is 2. The third-order valence-corrected chi connectivity index (χ3v) is 3.52. The Kier molecular flexibility index (Phi) is 3.41. The van der Waals surface area contributed by atoms with Gasteiger partial charge in [-0.15, -0.1) is 0 Å². The van der Waals surface area contributed by atoms with E-state index in [9.17, 15) is 9.59 Å². The van der Waals surface area contributed by atoms with E-state index in [0.717, 1.165) is 19.3 Å². The van der Waals surface area contributed by atoms with Crippen molar-refractivity contribution in [3.05, 3.63) is 30.4 Å². The lowest BCUT2D eigenvalue weighted by Crippen LogP contribution is -2.26. The molecule has 5 nitrogen and oxygen atoms in total. The summed E-state index contributed by atoms with van der Waals surface area (Å²) < 4.78 is 5.28. The van der Waals surface area contributed by atoms with E-state index in [-0.39, 0.29) is 24.3 Å². The van der Waals surface area contributed by atoms with Gasteiger partial charge in [-0.1, -0.05) is 12.2 Å². The van der Waals surface area contributed by atoms with Gasteiger partial charge in [-0.2, -0.15) is 0 Å².